The van der Waals surface area contributed by atoms with Gasteiger partial charge in [0.05, 0.1) is 18.2 Å². The van der Waals surface area contributed by atoms with Gasteiger partial charge in [0.2, 0.25) is 0 Å². The number of ether oxygens (including phenoxy) is 1. The Morgan fingerprint density at radius 3 is 2.28 bits per heavy atom. The molecule has 0 radical (unpaired) electrons. The standard InChI is InChI=1S/C31H33NO4/c1-7-36-25-16-14-22(18-23(25)31(4,5)6)28(33)26-27(21-11-9-8-10-12-21)32(30(35)29(26)34)24-15-13-19(2)17-20(24)3/h8-18,27,33H,7H2,1-6H3/b28-26-. The van der Waals surface area contributed by atoms with Gasteiger partial charge in [-0.2, -0.15) is 0 Å². The molecule has 1 heterocycles. The molecule has 4 rings (SSSR count). The highest BCUT2D eigenvalue weighted by Crippen LogP contribution is 2.44. The van der Waals surface area contributed by atoms with Crippen LogP contribution in [0, 0.1) is 13.8 Å². The quantitative estimate of drug-likeness (QED) is 0.251. The van der Waals surface area contributed by atoms with Gasteiger partial charge in [-0.25, -0.2) is 0 Å². The number of benzene rings is 3. The molecular weight excluding hydrogens is 450 g/mol. The number of aliphatic hydroxyl groups excluding tert-OH is 1. The number of carbonyl (C=O) groups is 2. The largest absolute Gasteiger partial charge is 0.507 e. The lowest BCUT2D eigenvalue weighted by molar-refractivity contribution is -0.132. The summed E-state index contributed by atoms with van der Waals surface area (Å²) in [6.07, 6.45) is 0. The van der Waals surface area contributed by atoms with Gasteiger partial charge in [0.15, 0.2) is 0 Å². The minimum Gasteiger partial charge on any atom is -0.507 e. The number of hydrogen-bond acceptors (Lipinski definition) is 4. The van der Waals surface area contributed by atoms with Crippen molar-refractivity contribution in [3.63, 3.8) is 0 Å². The molecule has 3 aromatic carbocycles. The first kappa shape index (κ1) is 25.2. The number of amides is 1. The van der Waals surface area contributed by atoms with Crippen molar-refractivity contribution in [2.75, 3.05) is 11.5 Å². The van der Waals surface area contributed by atoms with Crippen molar-refractivity contribution in [2.45, 2.75) is 53.0 Å². The van der Waals surface area contributed by atoms with Crippen LogP contribution in [0.25, 0.3) is 5.76 Å². The van der Waals surface area contributed by atoms with Crippen LogP contribution in [0.4, 0.5) is 5.69 Å². The van der Waals surface area contributed by atoms with Gasteiger partial charge in [-0.15, -0.1) is 0 Å². The Balaban J connectivity index is 1.95. The zero-order valence-corrected chi connectivity index (χ0v) is 21.8. The molecule has 1 unspecified atom stereocenters. The van der Waals surface area contributed by atoms with E-state index in [0.717, 1.165) is 28.0 Å². The highest BCUT2D eigenvalue weighted by atomic mass is 16.5. The van der Waals surface area contributed by atoms with Crippen molar-refractivity contribution in [1.82, 2.24) is 0 Å². The predicted molar refractivity (Wildman–Crippen MR) is 143 cm³/mol. The Labute approximate surface area is 213 Å². The topological polar surface area (TPSA) is 66.8 Å². The Bertz CT molecular complexity index is 1350. The number of ketones is 1. The fourth-order valence-electron chi connectivity index (χ4n) is 4.81. The zero-order valence-electron chi connectivity index (χ0n) is 21.8. The van der Waals surface area contributed by atoms with E-state index in [4.69, 9.17) is 4.74 Å². The van der Waals surface area contributed by atoms with Crippen molar-refractivity contribution in [1.29, 1.82) is 0 Å². The summed E-state index contributed by atoms with van der Waals surface area (Å²) in [5, 5.41) is 11.6. The summed E-state index contributed by atoms with van der Waals surface area (Å²) >= 11 is 0. The third kappa shape index (κ3) is 4.53. The van der Waals surface area contributed by atoms with Gasteiger partial charge >= 0.3 is 0 Å². The van der Waals surface area contributed by atoms with Crippen LogP contribution in [0.15, 0.2) is 72.3 Å². The summed E-state index contributed by atoms with van der Waals surface area (Å²) in [5.74, 6) is -0.813. The Hall–Kier alpha value is -3.86. The molecule has 0 aromatic heterocycles. The van der Waals surface area contributed by atoms with E-state index in [-0.39, 0.29) is 16.7 Å². The van der Waals surface area contributed by atoms with E-state index in [0.29, 0.717) is 17.9 Å². The number of aliphatic hydroxyl groups is 1. The number of aryl methyl sites for hydroxylation is 2. The van der Waals surface area contributed by atoms with Crippen molar-refractivity contribution < 1.29 is 19.4 Å². The number of anilines is 1. The number of hydrogen-bond donors (Lipinski definition) is 1. The van der Waals surface area contributed by atoms with Gasteiger partial charge in [-0.05, 0) is 61.6 Å². The minimum absolute atomic E-state index is 0.0789. The number of Topliss-reactive ketones (excluding diaryl/α,β-unsaturated/α-hetero) is 1. The minimum atomic E-state index is -0.753. The third-order valence-corrected chi connectivity index (χ3v) is 6.53. The van der Waals surface area contributed by atoms with Gasteiger partial charge in [0.25, 0.3) is 11.7 Å². The van der Waals surface area contributed by atoms with Crippen LogP contribution in [0.5, 0.6) is 5.75 Å². The number of nitrogens with zero attached hydrogens (tertiary/aromatic N) is 1. The van der Waals surface area contributed by atoms with Crippen LogP contribution in [0.1, 0.15) is 61.6 Å². The molecule has 0 bridgehead atoms. The SMILES string of the molecule is CCOc1ccc(/C(O)=C2/C(=O)C(=O)N(c3ccc(C)cc3C)C2c2ccccc2)cc1C(C)(C)C. The summed E-state index contributed by atoms with van der Waals surface area (Å²) in [7, 11) is 0. The van der Waals surface area contributed by atoms with E-state index >= 15 is 0 Å². The molecule has 36 heavy (non-hydrogen) atoms. The maximum Gasteiger partial charge on any atom is 0.300 e. The van der Waals surface area contributed by atoms with Crippen LogP contribution in [-0.2, 0) is 15.0 Å². The normalized spacial score (nSPS) is 17.5. The lowest BCUT2D eigenvalue weighted by Gasteiger charge is -2.27. The molecule has 1 saturated heterocycles. The molecular formula is C31H33NO4. The van der Waals surface area contributed by atoms with Gasteiger partial charge in [-0.3, -0.25) is 14.5 Å². The van der Waals surface area contributed by atoms with Crippen molar-refractivity contribution >= 4 is 23.1 Å². The molecule has 1 atom stereocenters. The zero-order chi connectivity index (χ0) is 26.2. The van der Waals surface area contributed by atoms with E-state index in [2.05, 4.69) is 20.8 Å². The second kappa shape index (κ2) is 9.65. The maximum absolute atomic E-state index is 13.5. The van der Waals surface area contributed by atoms with Crippen LogP contribution >= 0.6 is 0 Å². The molecule has 1 aliphatic rings. The van der Waals surface area contributed by atoms with Gasteiger partial charge in [0.1, 0.15) is 11.5 Å². The van der Waals surface area contributed by atoms with E-state index in [1.165, 1.54) is 4.90 Å². The third-order valence-electron chi connectivity index (χ3n) is 6.53. The molecule has 1 aliphatic heterocycles. The molecule has 0 spiro atoms. The summed E-state index contributed by atoms with van der Waals surface area (Å²) in [5.41, 5.74) is 4.55. The number of rotatable bonds is 5. The van der Waals surface area contributed by atoms with Crippen LogP contribution < -0.4 is 9.64 Å². The first-order chi connectivity index (χ1) is 17.0. The fourth-order valence-corrected chi connectivity index (χ4v) is 4.81. The van der Waals surface area contributed by atoms with Gasteiger partial charge < -0.3 is 9.84 Å². The summed E-state index contributed by atoms with van der Waals surface area (Å²) in [6.45, 7) is 12.6. The van der Waals surface area contributed by atoms with E-state index < -0.39 is 17.7 Å². The molecule has 3 aromatic rings. The Morgan fingerprint density at radius 2 is 1.67 bits per heavy atom. The molecule has 1 amide bonds. The molecule has 0 aliphatic carbocycles. The highest BCUT2D eigenvalue weighted by Gasteiger charge is 2.47. The smallest absolute Gasteiger partial charge is 0.300 e. The summed E-state index contributed by atoms with van der Waals surface area (Å²) in [4.78, 5) is 28.4. The van der Waals surface area contributed by atoms with Crippen molar-refractivity contribution in [3.05, 3.63) is 100 Å². The fraction of sp³-hybridized carbons (Fsp3) is 0.290. The van der Waals surface area contributed by atoms with Crippen LogP contribution in [-0.4, -0.2) is 23.4 Å². The number of carbonyl (C=O) groups excluding carboxylic acids is 2. The monoisotopic (exact) mass is 483 g/mol. The predicted octanol–water partition coefficient (Wildman–Crippen LogP) is 6.63. The molecule has 5 nitrogen and oxygen atoms in total. The highest BCUT2D eigenvalue weighted by molar-refractivity contribution is 6.51. The lowest BCUT2D eigenvalue weighted by atomic mass is 9.84. The lowest BCUT2D eigenvalue weighted by Crippen LogP contribution is -2.30. The molecule has 5 heteroatoms. The van der Waals surface area contributed by atoms with Gasteiger partial charge in [0, 0.05) is 16.8 Å². The molecule has 0 saturated carbocycles. The van der Waals surface area contributed by atoms with Crippen LogP contribution in [0.3, 0.4) is 0 Å². The van der Waals surface area contributed by atoms with Gasteiger partial charge in [-0.1, -0.05) is 68.8 Å². The van der Waals surface area contributed by atoms with Crippen molar-refractivity contribution in [3.8, 4) is 5.75 Å². The average molecular weight is 484 g/mol. The second-order valence-electron chi connectivity index (χ2n) is 10.3. The Morgan fingerprint density at radius 1 is 0.972 bits per heavy atom. The molecule has 186 valence electrons. The molecule has 1 fully saturated rings. The molecule has 1 N–H and O–H groups in total. The van der Waals surface area contributed by atoms with E-state index in [1.54, 1.807) is 6.07 Å². The first-order valence-electron chi connectivity index (χ1n) is 12.3. The van der Waals surface area contributed by atoms with Crippen molar-refractivity contribution in [2.24, 2.45) is 0 Å². The van der Waals surface area contributed by atoms with E-state index in [1.807, 2.05) is 81.4 Å². The maximum atomic E-state index is 13.5. The average Bonchev–Trinajstić information content (AvgIpc) is 3.09. The van der Waals surface area contributed by atoms with Crippen LogP contribution in [0.2, 0.25) is 0 Å². The Kier molecular flexibility index (Phi) is 6.77. The second-order valence-corrected chi connectivity index (χ2v) is 10.3. The summed E-state index contributed by atoms with van der Waals surface area (Å²) in [6, 6.07) is 19.8. The summed E-state index contributed by atoms with van der Waals surface area (Å²) < 4.78 is 5.82. The van der Waals surface area contributed by atoms with E-state index in [9.17, 15) is 14.7 Å². The first-order valence-corrected chi connectivity index (χ1v) is 12.3.